The molecule has 3 rings (SSSR count). The van der Waals surface area contributed by atoms with Gasteiger partial charge in [0, 0.05) is 9.89 Å². The van der Waals surface area contributed by atoms with Crippen LogP contribution in [0.4, 0.5) is 0 Å². The molecule has 0 aliphatic carbocycles. The summed E-state index contributed by atoms with van der Waals surface area (Å²) in [4.78, 5) is 18.0. The number of nitrogens with zero attached hydrogens (tertiary/aromatic N) is 3. The third-order valence-corrected chi connectivity index (χ3v) is 6.22. The van der Waals surface area contributed by atoms with Crippen molar-refractivity contribution in [2.45, 2.75) is 26.2 Å². The van der Waals surface area contributed by atoms with E-state index in [9.17, 15) is 4.79 Å². The van der Waals surface area contributed by atoms with Gasteiger partial charge in [0.2, 0.25) is 0 Å². The highest BCUT2D eigenvalue weighted by atomic mass is 127. The molecule has 0 aliphatic heterocycles. The first kappa shape index (κ1) is 23.2. The third-order valence-electron chi connectivity index (χ3n) is 4.12. The Morgan fingerprint density at radius 3 is 2.53 bits per heavy atom. The number of benzene rings is 2. The van der Waals surface area contributed by atoms with Gasteiger partial charge in [-0.15, -0.1) is 6.42 Å². The van der Waals surface area contributed by atoms with Crippen molar-refractivity contribution in [3.63, 3.8) is 0 Å². The quantitative estimate of drug-likeness (QED) is 0.205. The molecule has 0 fully saturated rings. The molecule has 3 aromatic rings. The van der Waals surface area contributed by atoms with Gasteiger partial charge in [-0.3, -0.25) is 4.79 Å². The number of fused-ring (bicyclic) bond motifs is 1. The monoisotopic (exact) mass is 689 g/mol. The van der Waals surface area contributed by atoms with Gasteiger partial charge in [0.05, 0.1) is 24.3 Å². The van der Waals surface area contributed by atoms with Crippen molar-refractivity contribution in [3.05, 3.63) is 63.7 Å². The van der Waals surface area contributed by atoms with Crippen molar-refractivity contribution in [1.29, 1.82) is 0 Å². The molecule has 0 bridgehead atoms. The van der Waals surface area contributed by atoms with Crippen LogP contribution < -0.4 is 10.3 Å². The highest BCUT2D eigenvalue weighted by molar-refractivity contribution is 14.1. The van der Waals surface area contributed by atoms with E-state index >= 15 is 0 Å². The van der Waals surface area contributed by atoms with Crippen LogP contribution >= 0.6 is 61.1 Å². The maximum absolute atomic E-state index is 13.2. The van der Waals surface area contributed by atoms with E-state index in [0.29, 0.717) is 16.7 Å². The Kier molecular flexibility index (Phi) is 7.24. The summed E-state index contributed by atoms with van der Waals surface area (Å²) in [5, 5.41) is 5.03. The maximum Gasteiger partial charge on any atom is 0.282 e. The Labute approximate surface area is 210 Å². The van der Waals surface area contributed by atoms with Crippen LogP contribution in [0.1, 0.15) is 32.2 Å². The summed E-state index contributed by atoms with van der Waals surface area (Å²) >= 11 is 7.83. The van der Waals surface area contributed by atoms with E-state index in [2.05, 4.69) is 72.1 Å². The van der Waals surface area contributed by atoms with Crippen molar-refractivity contribution in [2.24, 2.45) is 5.10 Å². The highest BCUT2D eigenvalue weighted by Gasteiger charge is 2.23. The largest absolute Gasteiger partial charge is 0.479 e. The molecule has 1 heterocycles. The molecule has 0 aliphatic rings. The van der Waals surface area contributed by atoms with Gasteiger partial charge in [-0.25, -0.2) is 4.98 Å². The number of hydrogen-bond acceptors (Lipinski definition) is 4. The van der Waals surface area contributed by atoms with Gasteiger partial charge in [-0.05, 0) is 81.1 Å². The molecule has 8 heteroatoms. The van der Waals surface area contributed by atoms with Gasteiger partial charge in [-0.1, -0.05) is 42.6 Å². The summed E-state index contributed by atoms with van der Waals surface area (Å²) < 4.78 is 9.65. The molecule has 0 N–H and O–H groups in total. The number of rotatable bonds is 4. The van der Waals surface area contributed by atoms with Crippen LogP contribution in [0.2, 0.25) is 0 Å². The average molecular weight is 690 g/mol. The molecule has 5 nitrogen and oxygen atoms in total. The molecule has 0 spiro atoms. The van der Waals surface area contributed by atoms with Gasteiger partial charge in [0.1, 0.15) is 18.2 Å². The maximum atomic E-state index is 13.2. The van der Waals surface area contributed by atoms with Gasteiger partial charge in [-0.2, -0.15) is 9.78 Å². The lowest BCUT2D eigenvalue weighted by molar-refractivity contribution is 0.365. The SMILES string of the molecule is C#CCOc1c(I)cc(C=Nn2c(C(C)(C)C)nc3ccc(Br)cc3c2=O)cc1I. The molecular weight excluding hydrogens is 672 g/mol. The second kappa shape index (κ2) is 9.36. The number of ether oxygens (including phenoxy) is 1. The highest BCUT2D eigenvalue weighted by Crippen LogP contribution is 2.29. The fraction of sp³-hybridized carbons (Fsp3) is 0.227. The first-order valence-electron chi connectivity index (χ1n) is 8.94. The van der Waals surface area contributed by atoms with Gasteiger partial charge in [0.15, 0.2) is 0 Å². The molecule has 1 aromatic heterocycles. The van der Waals surface area contributed by atoms with Crippen LogP contribution in [0.25, 0.3) is 10.9 Å². The summed E-state index contributed by atoms with van der Waals surface area (Å²) in [6.07, 6.45) is 6.95. The normalized spacial score (nSPS) is 11.8. The Morgan fingerprint density at radius 1 is 1.27 bits per heavy atom. The lowest BCUT2D eigenvalue weighted by Gasteiger charge is -2.20. The molecule has 2 aromatic carbocycles. The fourth-order valence-corrected chi connectivity index (χ4v) is 5.26. The van der Waals surface area contributed by atoms with Crippen molar-refractivity contribution < 1.29 is 4.74 Å². The third kappa shape index (κ3) is 5.06. The zero-order valence-electron chi connectivity index (χ0n) is 16.5. The second-order valence-corrected chi connectivity index (χ2v) is 10.8. The van der Waals surface area contributed by atoms with E-state index in [-0.39, 0.29) is 17.6 Å². The van der Waals surface area contributed by atoms with Crippen molar-refractivity contribution in [3.8, 4) is 18.1 Å². The average Bonchev–Trinajstić information content (AvgIpc) is 2.66. The smallest absolute Gasteiger partial charge is 0.282 e. The number of terminal acetylenes is 1. The minimum absolute atomic E-state index is 0.208. The predicted molar refractivity (Wildman–Crippen MR) is 142 cm³/mol. The van der Waals surface area contributed by atoms with Gasteiger partial charge in [0.25, 0.3) is 5.56 Å². The van der Waals surface area contributed by atoms with Crippen molar-refractivity contribution in [2.75, 3.05) is 6.61 Å². The summed E-state index contributed by atoms with van der Waals surface area (Å²) in [7, 11) is 0. The van der Waals surface area contributed by atoms with E-state index in [0.717, 1.165) is 22.9 Å². The molecule has 0 amide bonds. The molecule has 0 saturated carbocycles. The Hall–Kier alpha value is -1.45. The van der Waals surface area contributed by atoms with E-state index in [4.69, 9.17) is 16.1 Å². The van der Waals surface area contributed by atoms with Crippen LogP contribution in [0.5, 0.6) is 5.75 Å². The van der Waals surface area contributed by atoms with E-state index in [1.54, 1.807) is 12.3 Å². The van der Waals surface area contributed by atoms with E-state index < -0.39 is 0 Å². The Balaban J connectivity index is 2.13. The second-order valence-electron chi connectivity index (χ2n) is 7.51. The first-order valence-corrected chi connectivity index (χ1v) is 11.9. The molecule has 0 saturated heterocycles. The summed E-state index contributed by atoms with van der Waals surface area (Å²) in [5.41, 5.74) is 0.922. The summed E-state index contributed by atoms with van der Waals surface area (Å²) in [6, 6.07) is 9.36. The van der Waals surface area contributed by atoms with E-state index in [1.165, 1.54) is 4.68 Å². The van der Waals surface area contributed by atoms with Crippen molar-refractivity contribution >= 4 is 78.2 Å². The van der Waals surface area contributed by atoms with Crippen LogP contribution in [-0.2, 0) is 5.41 Å². The molecule has 30 heavy (non-hydrogen) atoms. The first-order chi connectivity index (χ1) is 14.1. The lowest BCUT2D eigenvalue weighted by Crippen LogP contribution is -2.29. The number of hydrogen-bond donors (Lipinski definition) is 0. The molecule has 0 radical (unpaired) electrons. The minimum atomic E-state index is -0.368. The zero-order chi connectivity index (χ0) is 22.1. The zero-order valence-corrected chi connectivity index (χ0v) is 22.4. The van der Waals surface area contributed by atoms with Gasteiger partial charge >= 0.3 is 0 Å². The fourth-order valence-electron chi connectivity index (χ4n) is 2.77. The Bertz CT molecular complexity index is 1230. The standard InChI is InChI=1S/C22H18BrI2N3O2/c1-5-8-30-19-16(24)9-13(10-17(19)25)12-26-28-20(29)15-11-14(23)6-7-18(15)27-21(28)22(2,3)4/h1,6-7,9-12H,8H2,2-4H3. The van der Waals surface area contributed by atoms with Gasteiger partial charge < -0.3 is 4.74 Å². The predicted octanol–water partition coefficient (Wildman–Crippen LogP) is 5.56. The molecule has 0 atom stereocenters. The summed E-state index contributed by atoms with van der Waals surface area (Å²) in [6.45, 7) is 6.24. The lowest BCUT2D eigenvalue weighted by atomic mass is 9.95. The van der Waals surface area contributed by atoms with Crippen LogP contribution in [0, 0.1) is 19.5 Å². The number of halogens is 3. The van der Waals surface area contributed by atoms with Crippen LogP contribution in [0.15, 0.2) is 44.7 Å². The molecule has 154 valence electrons. The minimum Gasteiger partial charge on any atom is -0.479 e. The van der Waals surface area contributed by atoms with Crippen LogP contribution in [0.3, 0.4) is 0 Å². The van der Waals surface area contributed by atoms with E-state index in [1.807, 2.05) is 45.0 Å². The van der Waals surface area contributed by atoms with Crippen LogP contribution in [-0.4, -0.2) is 22.5 Å². The summed E-state index contributed by atoms with van der Waals surface area (Å²) in [5.74, 6) is 3.81. The molecule has 0 unspecified atom stereocenters. The number of aromatic nitrogens is 2. The topological polar surface area (TPSA) is 56.5 Å². The van der Waals surface area contributed by atoms with Crippen molar-refractivity contribution in [1.82, 2.24) is 9.66 Å². The molecular formula is C22H18BrI2N3O2. The Morgan fingerprint density at radius 2 is 1.93 bits per heavy atom.